The largest absolute Gasteiger partial charge is 0.387 e. The van der Waals surface area contributed by atoms with Crippen LogP contribution in [0.5, 0.6) is 0 Å². The first-order valence-corrected chi connectivity index (χ1v) is 12.2. The van der Waals surface area contributed by atoms with E-state index in [1.807, 2.05) is 25.3 Å². The third-order valence-corrected chi connectivity index (χ3v) is 5.93. The predicted molar refractivity (Wildman–Crippen MR) is 142 cm³/mol. The molecule has 0 unspecified atom stereocenters. The van der Waals surface area contributed by atoms with Crippen LogP contribution in [0, 0.1) is 12.8 Å². The van der Waals surface area contributed by atoms with Crippen LogP contribution < -0.4 is 5.73 Å². The summed E-state index contributed by atoms with van der Waals surface area (Å²) in [5.74, 6) is 2.20. The van der Waals surface area contributed by atoms with Gasteiger partial charge < -0.3 is 5.73 Å². The van der Waals surface area contributed by atoms with Crippen LogP contribution in [0.2, 0.25) is 0 Å². The number of halogens is 1. The first-order chi connectivity index (χ1) is 15.4. The van der Waals surface area contributed by atoms with Crippen molar-refractivity contribution in [3.8, 4) is 0 Å². The Morgan fingerprint density at radius 2 is 2.03 bits per heavy atom. The third kappa shape index (κ3) is 8.63. The van der Waals surface area contributed by atoms with Gasteiger partial charge in [0.1, 0.15) is 0 Å². The van der Waals surface area contributed by atoms with Crippen molar-refractivity contribution in [2.24, 2.45) is 21.6 Å². The fourth-order valence-corrected chi connectivity index (χ4v) is 3.98. The zero-order chi connectivity index (χ0) is 23.3. The molecule has 3 rings (SSSR count). The minimum Gasteiger partial charge on any atom is -0.387 e. The van der Waals surface area contributed by atoms with Gasteiger partial charge in [0, 0.05) is 18.5 Å². The molecule has 0 amide bonds. The maximum atomic E-state index is 5.74. The molecular weight excluding hydrogens is 414 g/mol. The first-order valence-electron chi connectivity index (χ1n) is 11.7. The zero-order valence-electron chi connectivity index (χ0n) is 19.9. The standard InChI is InChI=1S/C21H24ClN3.C7H14/c1-4-7-17(8-5-6-11-22)19-13-21(24-14-19)18-10-9-15(2)20(12-18)25-16(3)23;1-7-5-3-2-4-6-7/h4-5,7-10,12,14H,1,6,11,13H2,2-3H3,(H2,23,25);7H,2-6H2,1H3/b8-5-,17-7+;. The average Bonchev–Trinajstić information content (AvgIpc) is 3.26. The molecule has 32 heavy (non-hydrogen) atoms. The van der Waals surface area contributed by atoms with E-state index in [4.69, 9.17) is 17.3 Å². The molecule has 2 aliphatic rings. The highest BCUT2D eigenvalue weighted by molar-refractivity contribution is 6.17. The molecule has 1 aliphatic heterocycles. The van der Waals surface area contributed by atoms with Gasteiger partial charge >= 0.3 is 0 Å². The van der Waals surface area contributed by atoms with Crippen LogP contribution >= 0.6 is 11.6 Å². The Hall–Kier alpha value is -2.39. The lowest BCUT2D eigenvalue weighted by Gasteiger charge is -2.15. The molecule has 0 bridgehead atoms. The summed E-state index contributed by atoms with van der Waals surface area (Å²) in [4.78, 5) is 9.01. The molecule has 1 heterocycles. The van der Waals surface area contributed by atoms with Crippen LogP contribution in [0.25, 0.3) is 0 Å². The van der Waals surface area contributed by atoms with Crippen molar-refractivity contribution in [3.63, 3.8) is 0 Å². The van der Waals surface area contributed by atoms with E-state index in [1.54, 1.807) is 13.0 Å². The van der Waals surface area contributed by atoms with Crippen LogP contribution in [0.15, 0.2) is 76.4 Å². The van der Waals surface area contributed by atoms with Gasteiger partial charge in [-0.1, -0.05) is 82.0 Å². The second-order valence-corrected chi connectivity index (χ2v) is 9.02. The highest BCUT2D eigenvalue weighted by Gasteiger charge is 2.15. The van der Waals surface area contributed by atoms with Gasteiger partial charge in [0.15, 0.2) is 0 Å². The van der Waals surface area contributed by atoms with E-state index < -0.39 is 0 Å². The Morgan fingerprint density at radius 3 is 2.62 bits per heavy atom. The van der Waals surface area contributed by atoms with Gasteiger partial charge in [-0.15, -0.1) is 11.6 Å². The normalized spacial score (nSPS) is 17.6. The summed E-state index contributed by atoms with van der Waals surface area (Å²) < 4.78 is 0. The molecule has 1 aliphatic carbocycles. The van der Waals surface area contributed by atoms with Crippen molar-refractivity contribution in [2.75, 3.05) is 5.88 Å². The van der Waals surface area contributed by atoms with Gasteiger partial charge in [-0.3, -0.25) is 4.99 Å². The van der Waals surface area contributed by atoms with E-state index in [1.165, 1.54) is 37.7 Å². The monoisotopic (exact) mass is 451 g/mol. The zero-order valence-corrected chi connectivity index (χ0v) is 20.7. The van der Waals surface area contributed by atoms with Gasteiger partial charge in [-0.05, 0) is 54.5 Å². The molecule has 172 valence electrons. The van der Waals surface area contributed by atoms with Crippen LogP contribution in [-0.4, -0.2) is 17.4 Å². The third-order valence-electron chi connectivity index (χ3n) is 5.71. The van der Waals surface area contributed by atoms with Gasteiger partial charge in [-0.25, -0.2) is 4.99 Å². The van der Waals surface area contributed by atoms with E-state index in [-0.39, 0.29) is 0 Å². The molecule has 0 spiro atoms. The lowest BCUT2D eigenvalue weighted by molar-refractivity contribution is 0.385. The molecule has 1 aromatic carbocycles. The van der Waals surface area contributed by atoms with Crippen LogP contribution in [0.3, 0.4) is 0 Å². The van der Waals surface area contributed by atoms with Crippen molar-refractivity contribution in [2.45, 2.75) is 65.7 Å². The molecule has 0 atom stereocenters. The minimum absolute atomic E-state index is 0.549. The number of nitrogens with zero attached hydrogens (tertiary/aromatic N) is 2. The maximum Gasteiger partial charge on any atom is 0.0965 e. The molecule has 1 fully saturated rings. The van der Waals surface area contributed by atoms with Gasteiger partial charge in [0.05, 0.1) is 17.2 Å². The SMILES string of the molecule is C=C/C=C(\C=C/CCCl)C1=CN=C(c2ccc(C)c(N=C(C)N)c2)C1.CC1CCCCC1. The lowest BCUT2D eigenvalue weighted by Crippen LogP contribution is -2.04. The molecular formula is C28H38ClN3. The number of allylic oxidation sites excluding steroid dienone is 6. The Morgan fingerprint density at radius 1 is 1.28 bits per heavy atom. The van der Waals surface area contributed by atoms with Crippen molar-refractivity contribution in [1.29, 1.82) is 0 Å². The fraction of sp³-hybridized carbons (Fsp3) is 0.429. The number of rotatable bonds is 7. The van der Waals surface area contributed by atoms with Crippen molar-refractivity contribution >= 4 is 28.8 Å². The summed E-state index contributed by atoms with van der Waals surface area (Å²) >= 11 is 5.74. The summed E-state index contributed by atoms with van der Waals surface area (Å²) in [5.41, 5.74) is 12.1. The number of nitrogens with two attached hydrogens (primary N) is 1. The second kappa shape index (κ2) is 13.9. The summed E-state index contributed by atoms with van der Waals surface area (Å²) in [5, 5.41) is 0. The number of aliphatic imine (C=N–C) groups is 2. The number of hydrogen-bond donors (Lipinski definition) is 1. The summed E-state index contributed by atoms with van der Waals surface area (Å²) in [6.07, 6.45) is 18.9. The molecule has 4 heteroatoms. The Balaban J connectivity index is 0.000000439. The highest BCUT2D eigenvalue weighted by Crippen LogP contribution is 2.28. The number of alkyl halides is 1. The van der Waals surface area contributed by atoms with E-state index >= 15 is 0 Å². The molecule has 1 aromatic rings. The molecule has 1 saturated carbocycles. The second-order valence-electron chi connectivity index (χ2n) is 8.64. The molecule has 3 nitrogen and oxygen atoms in total. The van der Waals surface area contributed by atoms with E-state index in [9.17, 15) is 0 Å². The van der Waals surface area contributed by atoms with Crippen LogP contribution in [-0.2, 0) is 0 Å². The summed E-state index contributed by atoms with van der Waals surface area (Å²) in [7, 11) is 0. The van der Waals surface area contributed by atoms with Gasteiger partial charge in [0.25, 0.3) is 0 Å². The van der Waals surface area contributed by atoms with Crippen molar-refractivity contribution < 1.29 is 0 Å². The quantitative estimate of drug-likeness (QED) is 0.194. The Kier molecular flexibility index (Phi) is 11.2. The summed E-state index contributed by atoms with van der Waals surface area (Å²) in [6, 6.07) is 6.18. The predicted octanol–water partition coefficient (Wildman–Crippen LogP) is 7.96. The minimum atomic E-state index is 0.549. The van der Waals surface area contributed by atoms with Crippen LogP contribution in [0.1, 0.15) is 69.9 Å². The van der Waals surface area contributed by atoms with E-state index in [0.29, 0.717) is 11.7 Å². The van der Waals surface area contributed by atoms with E-state index in [2.05, 4.69) is 47.8 Å². The number of aryl methyl sites for hydroxylation is 1. The number of hydrogen-bond acceptors (Lipinski definition) is 2. The van der Waals surface area contributed by atoms with Crippen molar-refractivity contribution in [1.82, 2.24) is 0 Å². The Labute approximate surface area is 199 Å². The fourth-order valence-electron chi connectivity index (χ4n) is 3.86. The van der Waals surface area contributed by atoms with Crippen molar-refractivity contribution in [3.05, 3.63) is 77.6 Å². The van der Waals surface area contributed by atoms with Crippen LogP contribution in [0.4, 0.5) is 5.69 Å². The molecule has 0 saturated heterocycles. The molecule has 2 N–H and O–H groups in total. The van der Waals surface area contributed by atoms with E-state index in [0.717, 1.165) is 46.9 Å². The number of amidine groups is 1. The average molecular weight is 452 g/mol. The first kappa shape index (κ1) is 25.9. The van der Waals surface area contributed by atoms with Gasteiger partial charge in [0.2, 0.25) is 0 Å². The number of benzene rings is 1. The smallest absolute Gasteiger partial charge is 0.0965 e. The highest BCUT2D eigenvalue weighted by atomic mass is 35.5. The van der Waals surface area contributed by atoms with Gasteiger partial charge in [-0.2, -0.15) is 0 Å². The molecule has 0 radical (unpaired) electrons. The Bertz CT molecular complexity index is 909. The molecule has 0 aromatic heterocycles. The lowest BCUT2D eigenvalue weighted by atomic mass is 9.91. The maximum absolute atomic E-state index is 5.74. The summed E-state index contributed by atoms with van der Waals surface area (Å²) in [6.45, 7) is 9.98. The topological polar surface area (TPSA) is 50.7 Å².